The van der Waals surface area contributed by atoms with Crippen LogP contribution in [0, 0.1) is 0 Å². The third kappa shape index (κ3) is 4.88. The first kappa shape index (κ1) is 22.5. The summed E-state index contributed by atoms with van der Waals surface area (Å²) < 4.78 is 0. The monoisotopic (exact) mass is 462 g/mol. The van der Waals surface area contributed by atoms with E-state index >= 15 is 0 Å². The van der Waals surface area contributed by atoms with Crippen LogP contribution in [-0.2, 0) is 17.8 Å². The number of pyridine rings is 1. The van der Waals surface area contributed by atoms with E-state index in [1.165, 1.54) is 4.90 Å². The molecule has 168 valence electrons. The molecule has 1 N–H and O–H groups in total. The highest BCUT2D eigenvalue weighted by Gasteiger charge is 2.35. The van der Waals surface area contributed by atoms with E-state index in [0.29, 0.717) is 28.3 Å². The number of aromatic nitrogens is 1. The van der Waals surface area contributed by atoms with E-state index < -0.39 is 6.04 Å². The lowest BCUT2D eigenvalue weighted by atomic mass is 10.0. The summed E-state index contributed by atoms with van der Waals surface area (Å²) in [4.78, 5) is 46.2. The molecule has 1 aliphatic rings. The van der Waals surface area contributed by atoms with E-state index in [-0.39, 0.29) is 24.3 Å². The van der Waals surface area contributed by atoms with Gasteiger partial charge in [-0.3, -0.25) is 19.4 Å². The predicted molar refractivity (Wildman–Crippen MR) is 126 cm³/mol. The van der Waals surface area contributed by atoms with Gasteiger partial charge in [-0.1, -0.05) is 29.8 Å². The van der Waals surface area contributed by atoms with E-state index in [1.54, 1.807) is 79.9 Å². The molecule has 2 aromatic carbocycles. The van der Waals surface area contributed by atoms with E-state index in [4.69, 9.17) is 11.6 Å². The average Bonchev–Trinajstić information content (AvgIpc) is 2.89. The molecule has 0 saturated carbocycles. The summed E-state index contributed by atoms with van der Waals surface area (Å²) in [5, 5.41) is 3.29. The molecule has 1 aromatic heterocycles. The predicted octanol–water partition coefficient (Wildman–Crippen LogP) is 3.64. The first-order valence-electron chi connectivity index (χ1n) is 10.4. The van der Waals surface area contributed by atoms with E-state index in [1.807, 2.05) is 6.07 Å². The molecule has 1 atom stereocenters. The Bertz CT molecular complexity index is 1200. The minimum atomic E-state index is -0.754. The smallest absolute Gasteiger partial charge is 0.256 e. The van der Waals surface area contributed by atoms with Gasteiger partial charge in [0, 0.05) is 50.0 Å². The van der Waals surface area contributed by atoms with Gasteiger partial charge in [0.1, 0.15) is 6.04 Å². The molecule has 0 bridgehead atoms. The van der Waals surface area contributed by atoms with E-state index in [0.717, 1.165) is 11.1 Å². The molecule has 2 heterocycles. The number of nitrogens with one attached hydrogen (secondary N) is 1. The summed E-state index contributed by atoms with van der Waals surface area (Å²) in [5.74, 6) is -0.679. The van der Waals surface area contributed by atoms with Crippen molar-refractivity contribution in [3.05, 3.63) is 94.3 Å². The molecule has 0 radical (unpaired) electrons. The van der Waals surface area contributed by atoms with Crippen LogP contribution >= 0.6 is 11.6 Å². The third-order valence-corrected chi connectivity index (χ3v) is 5.76. The second kappa shape index (κ2) is 9.42. The summed E-state index contributed by atoms with van der Waals surface area (Å²) in [7, 11) is 3.38. The van der Waals surface area contributed by atoms with Crippen molar-refractivity contribution in [2.75, 3.05) is 19.4 Å². The molecule has 0 aliphatic carbocycles. The SMILES string of the molecule is CN(C)C(=O)c1ccc(CN2C(=O)c3ccc(Cl)cc3NC(=O)C2Cc2cccnc2)cc1. The highest BCUT2D eigenvalue weighted by atomic mass is 35.5. The number of carbonyl (C=O) groups excluding carboxylic acids is 3. The van der Waals surface area contributed by atoms with Crippen molar-refractivity contribution in [2.45, 2.75) is 19.0 Å². The van der Waals surface area contributed by atoms with Crippen LogP contribution in [-0.4, -0.2) is 52.6 Å². The standard InChI is InChI=1S/C25H23ClN4O3/c1-29(2)24(32)18-7-5-16(6-8-18)15-30-22(12-17-4-3-11-27-14-17)23(31)28-21-13-19(26)9-10-20(21)25(30)33/h3-11,13-14,22H,12,15H2,1-2H3,(H,28,31). The molecule has 7 nitrogen and oxygen atoms in total. The van der Waals surface area contributed by atoms with E-state index in [2.05, 4.69) is 10.3 Å². The summed E-state index contributed by atoms with van der Waals surface area (Å²) in [6, 6.07) is 14.8. The number of halogens is 1. The molecule has 0 fully saturated rings. The van der Waals surface area contributed by atoms with Crippen LogP contribution in [0.3, 0.4) is 0 Å². The maximum atomic E-state index is 13.6. The highest BCUT2D eigenvalue weighted by molar-refractivity contribution is 6.31. The summed E-state index contributed by atoms with van der Waals surface area (Å²) in [6.07, 6.45) is 3.66. The lowest BCUT2D eigenvalue weighted by Crippen LogP contribution is -2.46. The molecular formula is C25H23ClN4O3. The molecule has 0 spiro atoms. The fourth-order valence-electron chi connectivity index (χ4n) is 3.79. The van der Waals surface area contributed by atoms with Gasteiger partial charge >= 0.3 is 0 Å². The van der Waals surface area contributed by atoms with Crippen molar-refractivity contribution in [3.8, 4) is 0 Å². The van der Waals surface area contributed by atoms with Gasteiger partial charge < -0.3 is 15.1 Å². The van der Waals surface area contributed by atoms with Crippen LogP contribution in [0.1, 0.15) is 31.8 Å². The second-order valence-electron chi connectivity index (χ2n) is 8.09. The highest BCUT2D eigenvalue weighted by Crippen LogP contribution is 2.28. The number of nitrogens with zero attached hydrogens (tertiary/aromatic N) is 3. The zero-order valence-corrected chi connectivity index (χ0v) is 19.0. The van der Waals surface area contributed by atoms with Gasteiger partial charge in [-0.2, -0.15) is 0 Å². The molecule has 3 amide bonds. The number of anilines is 1. The van der Waals surface area contributed by atoms with Crippen LogP contribution in [0.2, 0.25) is 5.02 Å². The zero-order valence-electron chi connectivity index (χ0n) is 18.3. The molecule has 0 saturated heterocycles. The number of hydrogen-bond acceptors (Lipinski definition) is 4. The Balaban J connectivity index is 1.69. The van der Waals surface area contributed by atoms with Gasteiger partial charge in [-0.25, -0.2) is 0 Å². The molecule has 4 rings (SSSR count). The first-order valence-corrected chi connectivity index (χ1v) is 10.8. The van der Waals surface area contributed by atoms with Crippen LogP contribution in [0.25, 0.3) is 0 Å². The lowest BCUT2D eigenvalue weighted by Gasteiger charge is -2.29. The Kier molecular flexibility index (Phi) is 6.42. The van der Waals surface area contributed by atoms with Gasteiger partial charge in [-0.15, -0.1) is 0 Å². The van der Waals surface area contributed by atoms with Gasteiger partial charge in [0.05, 0.1) is 11.3 Å². The van der Waals surface area contributed by atoms with Crippen LogP contribution in [0.4, 0.5) is 5.69 Å². The van der Waals surface area contributed by atoms with Crippen LogP contribution in [0.5, 0.6) is 0 Å². The van der Waals surface area contributed by atoms with Gasteiger partial charge in [0.2, 0.25) is 5.91 Å². The van der Waals surface area contributed by atoms with Crippen LogP contribution in [0.15, 0.2) is 67.0 Å². The van der Waals surface area contributed by atoms with Crippen molar-refractivity contribution in [1.29, 1.82) is 0 Å². The summed E-state index contributed by atoms with van der Waals surface area (Å²) >= 11 is 6.10. The Hall–Kier alpha value is -3.71. The molecule has 33 heavy (non-hydrogen) atoms. The number of fused-ring (bicyclic) bond motifs is 1. The normalized spacial score (nSPS) is 15.5. The van der Waals surface area contributed by atoms with Crippen LogP contribution < -0.4 is 5.32 Å². The quantitative estimate of drug-likeness (QED) is 0.627. The number of hydrogen-bond donors (Lipinski definition) is 1. The van der Waals surface area contributed by atoms with Crippen molar-refractivity contribution < 1.29 is 14.4 Å². The minimum Gasteiger partial charge on any atom is -0.345 e. The Labute approximate surface area is 197 Å². The summed E-state index contributed by atoms with van der Waals surface area (Å²) in [5.41, 5.74) is 2.96. The van der Waals surface area contributed by atoms with Crippen molar-refractivity contribution in [2.24, 2.45) is 0 Å². The maximum Gasteiger partial charge on any atom is 0.256 e. The van der Waals surface area contributed by atoms with Gasteiger partial charge in [0.25, 0.3) is 11.8 Å². The lowest BCUT2D eigenvalue weighted by molar-refractivity contribution is -0.120. The average molecular weight is 463 g/mol. The Morgan fingerprint density at radius 3 is 2.52 bits per heavy atom. The molecule has 8 heteroatoms. The zero-order chi connectivity index (χ0) is 23.5. The number of carbonyl (C=O) groups is 3. The first-order chi connectivity index (χ1) is 15.8. The van der Waals surface area contributed by atoms with Crippen molar-refractivity contribution >= 4 is 35.0 Å². The van der Waals surface area contributed by atoms with Crippen molar-refractivity contribution in [1.82, 2.24) is 14.8 Å². The van der Waals surface area contributed by atoms with Gasteiger partial charge in [-0.05, 0) is 47.5 Å². The number of benzene rings is 2. The fourth-order valence-corrected chi connectivity index (χ4v) is 3.97. The maximum absolute atomic E-state index is 13.6. The summed E-state index contributed by atoms with van der Waals surface area (Å²) in [6.45, 7) is 0.204. The number of rotatable bonds is 5. The molecule has 1 unspecified atom stereocenters. The molecular weight excluding hydrogens is 440 g/mol. The second-order valence-corrected chi connectivity index (χ2v) is 8.53. The third-order valence-electron chi connectivity index (χ3n) is 5.52. The Morgan fingerprint density at radius 2 is 1.85 bits per heavy atom. The van der Waals surface area contributed by atoms with Gasteiger partial charge in [0.15, 0.2) is 0 Å². The molecule has 1 aliphatic heterocycles. The van der Waals surface area contributed by atoms with Crippen molar-refractivity contribution in [3.63, 3.8) is 0 Å². The minimum absolute atomic E-state index is 0.105. The largest absolute Gasteiger partial charge is 0.345 e. The molecule has 3 aromatic rings. The van der Waals surface area contributed by atoms with E-state index in [9.17, 15) is 14.4 Å². The topological polar surface area (TPSA) is 82.6 Å². The number of amides is 3. The fraction of sp³-hybridized carbons (Fsp3) is 0.200. The Morgan fingerprint density at radius 1 is 1.09 bits per heavy atom.